The van der Waals surface area contributed by atoms with E-state index in [1.165, 1.54) is 10.5 Å². The Morgan fingerprint density at radius 1 is 1.12 bits per heavy atom. The number of hydrogen-bond donors (Lipinski definition) is 2. The first-order valence-corrected chi connectivity index (χ1v) is 8.53. The van der Waals surface area contributed by atoms with Crippen LogP contribution in [0.4, 0.5) is 4.79 Å². The first-order chi connectivity index (χ1) is 12.1. The predicted molar refractivity (Wildman–Crippen MR) is 97.2 cm³/mol. The van der Waals surface area contributed by atoms with Gasteiger partial charge in [-0.05, 0) is 24.1 Å². The van der Waals surface area contributed by atoms with Crippen molar-refractivity contribution in [3.8, 4) is 11.3 Å². The monoisotopic (exact) mass is 340 g/mol. The summed E-state index contributed by atoms with van der Waals surface area (Å²) in [6.45, 7) is 5.94. The minimum absolute atomic E-state index is 0.493. The molecule has 1 saturated heterocycles. The Balaban J connectivity index is 1.72. The molecule has 1 aliphatic heterocycles. The number of aryl methyl sites for hydroxylation is 1. The molecule has 0 unspecified atom stereocenters. The fraction of sp³-hybridized carbons (Fsp3) is 0.368. The molecular weight excluding hydrogens is 316 g/mol. The number of benzene rings is 1. The molecule has 0 atom stereocenters. The summed E-state index contributed by atoms with van der Waals surface area (Å²) >= 11 is 0. The number of piperazine rings is 1. The molecule has 25 heavy (non-hydrogen) atoms. The van der Waals surface area contributed by atoms with Crippen molar-refractivity contribution in [2.75, 3.05) is 26.2 Å². The van der Waals surface area contributed by atoms with Crippen LogP contribution >= 0.6 is 0 Å². The van der Waals surface area contributed by atoms with Gasteiger partial charge in [0.25, 0.3) is 0 Å². The molecule has 1 aromatic heterocycles. The second kappa shape index (κ2) is 7.63. The first kappa shape index (κ1) is 17.4. The van der Waals surface area contributed by atoms with Crippen LogP contribution in [-0.2, 0) is 13.1 Å². The molecule has 1 aromatic carbocycles. The highest BCUT2D eigenvalue weighted by Crippen LogP contribution is 2.23. The maximum Gasteiger partial charge on any atom is 0.407 e. The number of nitrogens with zero attached hydrogens (tertiary/aromatic N) is 3. The van der Waals surface area contributed by atoms with Gasteiger partial charge in [-0.15, -0.1) is 0 Å². The van der Waals surface area contributed by atoms with Crippen LogP contribution in [0, 0.1) is 6.92 Å². The summed E-state index contributed by atoms with van der Waals surface area (Å²) in [5, 5.41) is 9.03. The lowest BCUT2D eigenvalue weighted by Crippen LogP contribution is -2.47. The SMILES string of the molecule is Cc1nc(-c2ccccc2CN)ccc1CN1CCN(C(=O)O)CC1. The van der Waals surface area contributed by atoms with Gasteiger partial charge >= 0.3 is 6.09 Å². The maximum atomic E-state index is 11.0. The van der Waals surface area contributed by atoms with E-state index >= 15 is 0 Å². The highest BCUT2D eigenvalue weighted by atomic mass is 16.4. The Bertz CT molecular complexity index is 755. The van der Waals surface area contributed by atoms with Crippen LogP contribution in [-0.4, -0.2) is 52.2 Å². The van der Waals surface area contributed by atoms with E-state index in [0.717, 1.165) is 42.1 Å². The molecule has 3 rings (SSSR count). The van der Waals surface area contributed by atoms with Crippen LogP contribution in [0.15, 0.2) is 36.4 Å². The van der Waals surface area contributed by atoms with Gasteiger partial charge in [-0.25, -0.2) is 4.79 Å². The Labute approximate surface area is 147 Å². The normalized spacial score (nSPS) is 15.4. The minimum atomic E-state index is -0.833. The van der Waals surface area contributed by atoms with E-state index in [2.05, 4.69) is 17.0 Å². The summed E-state index contributed by atoms with van der Waals surface area (Å²) in [6, 6.07) is 12.2. The number of amides is 1. The number of carbonyl (C=O) groups is 1. The third-order valence-corrected chi connectivity index (χ3v) is 4.75. The van der Waals surface area contributed by atoms with E-state index in [-0.39, 0.29) is 0 Å². The Morgan fingerprint density at radius 2 is 1.84 bits per heavy atom. The topological polar surface area (TPSA) is 82.7 Å². The fourth-order valence-electron chi connectivity index (χ4n) is 3.19. The summed E-state index contributed by atoms with van der Waals surface area (Å²) in [5.41, 5.74) is 11.1. The summed E-state index contributed by atoms with van der Waals surface area (Å²) in [6.07, 6.45) is -0.833. The lowest BCUT2D eigenvalue weighted by molar-refractivity contribution is 0.103. The highest BCUT2D eigenvalue weighted by Gasteiger charge is 2.20. The van der Waals surface area contributed by atoms with Gasteiger partial charge in [0, 0.05) is 50.5 Å². The molecular formula is C19H24N4O2. The maximum absolute atomic E-state index is 11.0. The van der Waals surface area contributed by atoms with Crippen molar-refractivity contribution >= 4 is 6.09 Å². The zero-order valence-electron chi connectivity index (χ0n) is 14.5. The lowest BCUT2D eigenvalue weighted by atomic mass is 10.0. The third kappa shape index (κ3) is 3.97. The molecule has 3 N–H and O–H groups in total. The Morgan fingerprint density at radius 3 is 2.48 bits per heavy atom. The Hall–Kier alpha value is -2.44. The van der Waals surface area contributed by atoms with Crippen molar-refractivity contribution < 1.29 is 9.90 Å². The number of pyridine rings is 1. The van der Waals surface area contributed by atoms with Crippen LogP contribution in [0.2, 0.25) is 0 Å². The van der Waals surface area contributed by atoms with Crippen molar-refractivity contribution in [2.45, 2.75) is 20.0 Å². The van der Waals surface area contributed by atoms with Gasteiger partial charge in [-0.3, -0.25) is 9.88 Å². The number of hydrogen-bond acceptors (Lipinski definition) is 4. The Kier molecular flexibility index (Phi) is 5.31. The molecule has 2 heterocycles. The van der Waals surface area contributed by atoms with E-state index < -0.39 is 6.09 Å². The molecule has 1 amide bonds. The number of aromatic nitrogens is 1. The lowest BCUT2D eigenvalue weighted by Gasteiger charge is -2.33. The van der Waals surface area contributed by atoms with Gasteiger partial charge in [0.1, 0.15) is 0 Å². The van der Waals surface area contributed by atoms with Gasteiger partial charge in [0.2, 0.25) is 0 Å². The molecule has 6 nitrogen and oxygen atoms in total. The molecule has 2 aromatic rings. The van der Waals surface area contributed by atoms with Crippen molar-refractivity contribution in [1.82, 2.24) is 14.8 Å². The van der Waals surface area contributed by atoms with Gasteiger partial charge < -0.3 is 15.7 Å². The second-order valence-electron chi connectivity index (χ2n) is 6.35. The molecule has 1 fully saturated rings. The number of nitrogens with two attached hydrogens (primary N) is 1. The number of carboxylic acid groups (broad SMARTS) is 1. The molecule has 6 heteroatoms. The third-order valence-electron chi connectivity index (χ3n) is 4.75. The van der Waals surface area contributed by atoms with Crippen molar-refractivity contribution in [2.24, 2.45) is 5.73 Å². The first-order valence-electron chi connectivity index (χ1n) is 8.53. The van der Waals surface area contributed by atoms with Crippen LogP contribution in [0.5, 0.6) is 0 Å². The summed E-state index contributed by atoms with van der Waals surface area (Å²) < 4.78 is 0. The van der Waals surface area contributed by atoms with Gasteiger partial charge in [-0.2, -0.15) is 0 Å². The standard InChI is InChI=1S/C19H24N4O2/c1-14-16(13-22-8-10-23(11-9-22)19(24)25)6-7-18(21-14)17-5-3-2-4-15(17)12-20/h2-7H,8-13,20H2,1H3,(H,24,25). The van der Waals surface area contributed by atoms with Crippen LogP contribution in [0.25, 0.3) is 11.3 Å². The number of rotatable bonds is 4. The average Bonchev–Trinajstić information content (AvgIpc) is 2.63. The van der Waals surface area contributed by atoms with Crippen molar-refractivity contribution in [1.29, 1.82) is 0 Å². The van der Waals surface area contributed by atoms with E-state index in [1.54, 1.807) is 0 Å². The van der Waals surface area contributed by atoms with Crippen molar-refractivity contribution in [3.05, 3.63) is 53.2 Å². The quantitative estimate of drug-likeness (QED) is 0.892. The fourth-order valence-corrected chi connectivity index (χ4v) is 3.19. The van der Waals surface area contributed by atoms with E-state index in [9.17, 15) is 4.79 Å². The van der Waals surface area contributed by atoms with Gasteiger partial charge in [-0.1, -0.05) is 30.3 Å². The molecule has 0 radical (unpaired) electrons. The van der Waals surface area contributed by atoms with Crippen LogP contribution in [0.1, 0.15) is 16.8 Å². The van der Waals surface area contributed by atoms with Crippen LogP contribution in [0.3, 0.4) is 0 Å². The van der Waals surface area contributed by atoms with Gasteiger partial charge in [0.05, 0.1) is 5.69 Å². The summed E-state index contributed by atoms with van der Waals surface area (Å²) in [7, 11) is 0. The highest BCUT2D eigenvalue weighted by molar-refractivity contribution is 5.65. The van der Waals surface area contributed by atoms with Crippen molar-refractivity contribution in [3.63, 3.8) is 0 Å². The smallest absolute Gasteiger partial charge is 0.407 e. The molecule has 0 bridgehead atoms. The molecule has 0 saturated carbocycles. The van der Waals surface area contributed by atoms with E-state index in [1.807, 2.05) is 31.2 Å². The summed E-state index contributed by atoms with van der Waals surface area (Å²) in [4.78, 5) is 19.5. The summed E-state index contributed by atoms with van der Waals surface area (Å²) in [5.74, 6) is 0. The zero-order valence-corrected chi connectivity index (χ0v) is 14.5. The van der Waals surface area contributed by atoms with E-state index in [0.29, 0.717) is 19.6 Å². The average molecular weight is 340 g/mol. The predicted octanol–water partition coefficient (Wildman–Crippen LogP) is 2.31. The molecule has 0 aliphatic carbocycles. The zero-order chi connectivity index (χ0) is 17.8. The molecule has 0 spiro atoms. The van der Waals surface area contributed by atoms with Crippen LogP contribution < -0.4 is 5.73 Å². The minimum Gasteiger partial charge on any atom is -0.465 e. The van der Waals surface area contributed by atoms with Gasteiger partial charge in [0.15, 0.2) is 0 Å². The molecule has 1 aliphatic rings. The van der Waals surface area contributed by atoms with E-state index in [4.69, 9.17) is 15.8 Å². The second-order valence-corrected chi connectivity index (χ2v) is 6.35. The molecule has 132 valence electrons. The largest absolute Gasteiger partial charge is 0.465 e.